The van der Waals surface area contributed by atoms with Crippen LogP contribution in [0.1, 0.15) is 5.69 Å². The Kier molecular flexibility index (Phi) is 1.64. The second-order valence-corrected chi connectivity index (χ2v) is 2.30. The Bertz CT molecular complexity index is 351. The lowest BCUT2D eigenvalue weighted by atomic mass is 10.5. The van der Waals surface area contributed by atoms with Crippen LogP contribution in [0.25, 0.3) is 5.88 Å². The summed E-state index contributed by atoms with van der Waals surface area (Å²) in [7, 11) is 0. The fourth-order valence-electron chi connectivity index (χ4n) is 1.000. The Morgan fingerprint density at radius 2 is 2.33 bits per heavy atom. The largest absolute Gasteiger partial charge is 0.427 e. The number of nitrogens with two attached hydrogens (primary N) is 1. The zero-order chi connectivity index (χ0) is 8.39. The number of rotatable bonds is 2. The van der Waals surface area contributed by atoms with E-state index >= 15 is 0 Å². The molecule has 62 valence electrons. The SMILES string of the molecule is NCc1cncn1-c1cnco1. The van der Waals surface area contributed by atoms with Crippen LogP contribution < -0.4 is 5.73 Å². The third-order valence-corrected chi connectivity index (χ3v) is 1.58. The van der Waals surface area contributed by atoms with Gasteiger partial charge in [-0.3, -0.25) is 4.57 Å². The van der Waals surface area contributed by atoms with E-state index in [1.807, 2.05) is 0 Å². The van der Waals surface area contributed by atoms with E-state index < -0.39 is 0 Å². The average Bonchev–Trinajstić information content (AvgIpc) is 2.74. The van der Waals surface area contributed by atoms with Crippen LogP contribution in [0, 0.1) is 0 Å². The number of imidazole rings is 1. The molecule has 0 saturated heterocycles. The molecule has 0 radical (unpaired) electrons. The highest BCUT2D eigenvalue weighted by Crippen LogP contribution is 2.08. The molecule has 2 heterocycles. The molecule has 0 amide bonds. The van der Waals surface area contributed by atoms with Gasteiger partial charge in [0.2, 0.25) is 5.88 Å². The van der Waals surface area contributed by atoms with Crippen molar-refractivity contribution < 1.29 is 4.42 Å². The second-order valence-electron chi connectivity index (χ2n) is 2.30. The summed E-state index contributed by atoms with van der Waals surface area (Å²) in [5.74, 6) is 0.632. The predicted molar refractivity (Wildman–Crippen MR) is 41.5 cm³/mol. The van der Waals surface area contributed by atoms with Crippen molar-refractivity contribution in [3.63, 3.8) is 0 Å². The van der Waals surface area contributed by atoms with Crippen LogP contribution in [0.4, 0.5) is 0 Å². The maximum atomic E-state index is 5.48. The first-order valence-corrected chi connectivity index (χ1v) is 3.52. The molecule has 0 bridgehead atoms. The van der Waals surface area contributed by atoms with E-state index in [0.29, 0.717) is 12.4 Å². The summed E-state index contributed by atoms with van der Waals surface area (Å²) in [5.41, 5.74) is 6.37. The monoisotopic (exact) mass is 164 g/mol. The van der Waals surface area contributed by atoms with E-state index in [4.69, 9.17) is 10.2 Å². The maximum Gasteiger partial charge on any atom is 0.225 e. The van der Waals surface area contributed by atoms with Gasteiger partial charge in [0.05, 0.1) is 11.9 Å². The van der Waals surface area contributed by atoms with E-state index in [2.05, 4.69) is 9.97 Å². The van der Waals surface area contributed by atoms with Gasteiger partial charge in [0.1, 0.15) is 6.33 Å². The number of hydrogen-bond acceptors (Lipinski definition) is 4. The Balaban J connectivity index is 2.46. The summed E-state index contributed by atoms with van der Waals surface area (Å²) in [6, 6.07) is 0. The van der Waals surface area contributed by atoms with Gasteiger partial charge in [0.15, 0.2) is 6.39 Å². The zero-order valence-electron chi connectivity index (χ0n) is 6.34. The number of aromatic nitrogens is 3. The Morgan fingerprint density at radius 3 is 3.00 bits per heavy atom. The molecule has 0 saturated carbocycles. The first kappa shape index (κ1) is 7.05. The summed E-state index contributed by atoms with van der Waals surface area (Å²) in [6.45, 7) is 0.431. The molecule has 0 fully saturated rings. The van der Waals surface area contributed by atoms with Crippen LogP contribution in [0.2, 0.25) is 0 Å². The topological polar surface area (TPSA) is 69.9 Å². The first-order chi connectivity index (χ1) is 5.92. The van der Waals surface area contributed by atoms with Crippen molar-refractivity contribution in [3.8, 4) is 5.88 Å². The lowest BCUT2D eigenvalue weighted by molar-refractivity contribution is 0.527. The van der Waals surface area contributed by atoms with Crippen LogP contribution in [0.5, 0.6) is 0 Å². The minimum absolute atomic E-state index is 0.431. The Labute approximate surface area is 68.8 Å². The van der Waals surface area contributed by atoms with Gasteiger partial charge >= 0.3 is 0 Å². The highest BCUT2D eigenvalue weighted by Gasteiger charge is 2.03. The van der Waals surface area contributed by atoms with Crippen LogP contribution in [-0.4, -0.2) is 14.5 Å². The molecule has 2 aromatic rings. The summed E-state index contributed by atoms with van der Waals surface area (Å²) in [4.78, 5) is 7.74. The van der Waals surface area contributed by atoms with Crippen LogP contribution in [0.3, 0.4) is 0 Å². The highest BCUT2D eigenvalue weighted by atomic mass is 16.4. The van der Waals surface area contributed by atoms with Crippen molar-refractivity contribution in [3.05, 3.63) is 30.8 Å². The van der Waals surface area contributed by atoms with Crippen LogP contribution in [0.15, 0.2) is 29.5 Å². The average molecular weight is 164 g/mol. The molecule has 5 heteroatoms. The minimum atomic E-state index is 0.431. The molecule has 0 aliphatic rings. The highest BCUT2D eigenvalue weighted by molar-refractivity contribution is 5.18. The van der Waals surface area contributed by atoms with Gasteiger partial charge in [-0.25, -0.2) is 9.97 Å². The van der Waals surface area contributed by atoms with Gasteiger partial charge in [-0.2, -0.15) is 0 Å². The Morgan fingerprint density at radius 1 is 1.42 bits per heavy atom. The minimum Gasteiger partial charge on any atom is -0.427 e. The molecule has 0 aliphatic heterocycles. The number of oxazole rings is 1. The molecule has 5 nitrogen and oxygen atoms in total. The van der Waals surface area contributed by atoms with E-state index in [0.717, 1.165) is 5.69 Å². The van der Waals surface area contributed by atoms with Gasteiger partial charge in [-0.1, -0.05) is 0 Å². The van der Waals surface area contributed by atoms with Crippen molar-refractivity contribution in [2.45, 2.75) is 6.54 Å². The van der Waals surface area contributed by atoms with Gasteiger partial charge in [0, 0.05) is 12.7 Å². The van der Waals surface area contributed by atoms with Gasteiger partial charge in [-0.15, -0.1) is 0 Å². The fraction of sp³-hybridized carbons (Fsp3) is 0.143. The molecule has 0 aromatic carbocycles. The molecule has 2 rings (SSSR count). The van der Waals surface area contributed by atoms with Crippen molar-refractivity contribution in [1.82, 2.24) is 14.5 Å². The molecule has 12 heavy (non-hydrogen) atoms. The van der Waals surface area contributed by atoms with Gasteiger partial charge in [0.25, 0.3) is 0 Å². The van der Waals surface area contributed by atoms with Crippen molar-refractivity contribution in [2.24, 2.45) is 5.73 Å². The standard InChI is InChI=1S/C7H8N4O/c8-1-6-2-9-4-11(6)7-3-10-5-12-7/h2-5H,1,8H2. The van der Waals surface area contributed by atoms with E-state index in [-0.39, 0.29) is 0 Å². The van der Waals surface area contributed by atoms with Crippen LogP contribution >= 0.6 is 0 Å². The number of nitrogens with zero attached hydrogens (tertiary/aromatic N) is 3. The van der Waals surface area contributed by atoms with Crippen molar-refractivity contribution in [2.75, 3.05) is 0 Å². The third kappa shape index (κ3) is 0.998. The summed E-state index contributed by atoms with van der Waals surface area (Å²) >= 11 is 0. The first-order valence-electron chi connectivity index (χ1n) is 3.52. The maximum absolute atomic E-state index is 5.48. The molecule has 2 N–H and O–H groups in total. The lowest BCUT2D eigenvalue weighted by Gasteiger charge is -1.99. The number of hydrogen-bond donors (Lipinski definition) is 1. The quantitative estimate of drug-likeness (QED) is 0.693. The molecule has 0 atom stereocenters. The molecule has 0 spiro atoms. The molecular weight excluding hydrogens is 156 g/mol. The van der Waals surface area contributed by atoms with Gasteiger partial charge in [-0.05, 0) is 0 Å². The van der Waals surface area contributed by atoms with E-state index in [1.54, 1.807) is 23.3 Å². The molecule has 0 aliphatic carbocycles. The lowest BCUT2D eigenvalue weighted by Crippen LogP contribution is -2.03. The third-order valence-electron chi connectivity index (χ3n) is 1.58. The smallest absolute Gasteiger partial charge is 0.225 e. The fourth-order valence-corrected chi connectivity index (χ4v) is 1.000. The van der Waals surface area contributed by atoms with Gasteiger partial charge < -0.3 is 10.2 Å². The predicted octanol–water partition coefficient (Wildman–Crippen LogP) is 0.319. The summed E-state index contributed by atoms with van der Waals surface area (Å²) in [6.07, 6.45) is 6.32. The van der Waals surface area contributed by atoms with Crippen molar-refractivity contribution >= 4 is 0 Å². The van der Waals surface area contributed by atoms with Crippen LogP contribution in [-0.2, 0) is 6.54 Å². The summed E-state index contributed by atoms with van der Waals surface area (Å²) < 4.78 is 6.83. The Hall–Kier alpha value is -1.62. The zero-order valence-corrected chi connectivity index (χ0v) is 6.34. The second kappa shape index (κ2) is 2.78. The van der Waals surface area contributed by atoms with E-state index in [9.17, 15) is 0 Å². The van der Waals surface area contributed by atoms with Crippen molar-refractivity contribution in [1.29, 1.82) is 0 Å². The normalized spacial score (nSPS) is 10.4. The molecule has 0 unspecified atom stereocenters. The summed E-state index contributed by atoms with van der Waals surface area (Å²) in [5, 5.41) is 0. The molecular formula is C7H8N4O. The molecule has 2 aromatic heterocycles. The van der Waals surface area contributed by atoms with E-state index in [1.165, 1.54) is 6.39 Å².